The van der Waals surface area contributed by atoms with E-state index in [0.29, 0.717) is 31.1 Å². The number of urea groups is 1. The summed E-state index contributed by atoms with van der Waals surface area (Å²) >= 11 is 0. The number of carbonyl (C=O) groups is 1. The summed E-state index contributed by atoms with van der Waals surface area (Å²) in [5.74, 6) is -3.03. The van der Waals surface area contributed by atoms with Gasteiger partial charge in [0.25, 0.3) is 0 Å². The highest BCUT2D eigenvalue weighted by molar-refractivity contribution is 5.89. The average Bonchev–Trinajstić information content (AvgIpc) is 3.02. The maximum absolute atomic E-state index is 13.6. The van der Waals surface area contributed by atoms with Crippen LogP contribution < -0.4 is 5.32 Å². The van der Waals surface area contributed by atoms with Crippen LogP contribution in [0.2, 0.25) is 0 Å². The van der Waals surface area contributed by atoms with Crippen LogP contribution in [-0.2, 0) is 0 Å². The monoisotopic (exact) mass is 341 g/mol. The van der Waals surface area contributed by atoms with Crippen molar-refractivity contribution in [1.82, 2.24) is 9.80 Å². The third kappa shape index (κ3) is 4.01. The maximum atomic E-state index is 13.6. The van der Waals surface area contributed by atoms with E-state index < -0.39 is 23.5 Å². The van der Waals surface area contributed by atoms with Crippen molar-refractivity contribution in [2.24, 2.45) is 5.92 Å². The molecule has 0 aromatic heterocycles. The van der Waals surface area contributed by atoms with Crippen LogP contribution in [0, 0.1) is 23.4 Å². The first-order chi connectivity index (χ1) is 11.5. The third-order valence-corrected chi connectivity index (χ3v) is 4.79. The van der Waals surface area contributed by atoms with E-state index in [1.165, 1.54) is 19.3 Å². The zero-order valence-corrected chi connectivity index (χ0v) is 13.5. The molecule has 0 spiro atoms. The summed E-state index contributed by atoms with van der Waals surface area (Å²) in [6.07, 6.45) is 4.65. The summed E-state index contributed by atoms with van der Waals surface area (Å²) in [7, 11) is 0. The fourth-order valence-corrected chi connectivity index (χ4v) is 3.49. The van der Waals surface area contributed by atoms with Gasteiger partial charge in [-0.2, -0.15) is 0 Å². The molecule has 2 fully saturated rings. The summed E-state index contributed by atoms with van der Waals surface area (Å²) in [4.78, 5) is 16.3. The molecule has 1 aromatic rings. The van der Waals surface area contributed by atoms with Crippen molar-refractivity contribution in [3.05, 3.63) is 29.6 Å². The van der Waals surface area contributed by atoms with Crippen molar-refractivity contribution >= 4 is 11.7 Å². The van der Waals surface area contributed by atoms with E-state index in [9.17, 15) is 18.0 Å². The smallest absolute Gasteiger partial charge is 0.321 e. The molecule has 2 aliphatic rings. The number of anilines is 1. The van der Waals surface area contributed by atoms with Crippen LogP contribution in [-0.4, -0.2) is 48.6 Å². The molecule has 0 radical (unpaired) electrons. The molecule has 0 bridgehead atoms. The number of nitrogens with zero attached hydrogens (tertiary/aromatic N) is 2. The van der Waals surface area contributed by atoms with Gasteiger partial charge in [-0.3, -0.25) is 0 Å². The molecule has 2 saturated heterocycles. The molecule has 7 heteroatoms. The number of carbonyl (C=O) groups excluding carboxylic acids is 1. The summed E-state index contributed by atoms with van der Waals surface area (Å²) in [6, 6.07) is 0.638. The highest BCUT2D eigenvalue weighted by Gasteiger charge is 2.28. The van der Waals surface area contributed by atoms with Gasteiger partial charge in [-0.15, -0.1) is 0 Å². The van der Waals surface area contributed by atoms with Crippen molar-refractivity contribution < 1.29 is 18.0 Å². The van der Waals surface area contributed by atoms with Crippen molar-refractivity contribution in [2.75, 3.05) is 38.0 Å². The Balaban J connectivity index is 1.54. The second-order valence-electron chi connectivity index (χ2n) is 6.64. The van der Waals surface area contributed by atoms with Crippen LogP contribution in [0.15, 0.2) is 12.1 Å². The quantitative estimate of drug-likeness (QED) is 0.855. The Morgan fingerprint density at radius 2 is 1.75 bits per heavy atom. The predicted octanol–water partition coefficient (Wildman–Crippen LogP) is 3.44. The molecular weight excluding hydrogens is 319 g/mol. The molecule has 1 aromatic carbocycles. The van der Waals surface area contributed by atoms with Crippen LogP contribution >= 0.6 is 0 Å². The lowest BCUT2D eigenvalue weighted by molar-refractivity contribution is 0.192. The number of amides is 2. The van der Waals surface area contributed by atoms with E-state index in [2.05, 4.69) is 10.2 Å². The zero-order chi connectivity index (χ0) is 17.1. The summed E-state index contributed by atoms with van der Waals surface area (Å²) < 4.78 is 39.7. The average molecular weight is 341 g/mol. The summed E-state index contributed by atoms with van der Waals surface area (Å²) in [5, 5.41) is 2.34. The molecule has 0 aliphatic carbocycles. The van der Waals surface area contributed by atoms with E-state index >= 15 is 0 Å². The van der Waals surface area contributed by atoms with Gasteiger partial charge >= 0.3 is 6.03 Å². The first kappa shape index (κ1) is 17.1. The van der Waals surface area contributed by atoms with Gasteiger partial charge in [0.1, 0.15) is 5.82 Å². The molecule has 1 N–H and O–H groups in total. The second-order valence-corrected chi connectivity index (χ2v) is 6.64. The highest BCUT2D eigenvalue weighted by atomic mass is 19.2. The van der Waals surface area contributed by atoms with Gasteiger partial charge in [-0.25, -0.2) is 18.0 Å². The fraction of sp³-hybridized carbons (Fsp3) is 0.588. The van der Waals surface area contributed by atoms with E-state index in [1.807, 2.05) is 0 Å². The molecule has 1 atom stereocenters. The number of halogens is 3. The standard InChI is InChI=1S/C17H22F3N3O/c18-13-8-15(20)16(9-14(13)19)21-17(24)23-7-4-12(11-23)10-22-5-2-1-3-6-22/h8-9,12H,1-7,10-11H2,(H,21,24)/t12-/m1/s1. The number of hydrogen-bond donors (Lipinski definition) is 1. The van der Waals surface area contributed by atoms with E-state index in [4.69, 9.17) is 0 Å². The van der Waals surface area contributed by atoms with Crippen molar-refractivity contribution in [3.8, 4) is 0 Å². The molecule has 0 unspecified atom stereocenters. The Labute approximate surface area is 139 Å². The molecule has 2 heterocycles. The molecule has 2 amide bonds. The first-order valence-corrected chi connectivity index (χ1v) is 8.46. The van der Waals surface area contributed by atoms with E-state index in [-0.39, 0.29) is 5.69 Å². The van der Waals surface area contributed by atoms with Gasteiger partial charge in [0.15, 0.2) is 11.6 Å². The van der Waals surface area contributed by atoms with Crippen molar-refractivity contribution in [2.45, 2.75) is 25.7 Å². The van der Waals surface area contributed by atoms with Gasteiger partial charge in [-0.1, -0.05) is 6.42 Å². The largest absolute Gasteiger partial charge is 0.324 e. The Bertz CT molecular complexity index is 605. The van der Waals surface area contributed by atoms with Crippen LogP contribution in [0.25, 0.3) is 0 Å². The molecule has 0 saturated carbocycles. The minimum absolute atomic E-state index is 0.335. The third-order valence-electron chi connectivity index (χ3n) is 4.79. The van der Waals surface area contributed by atoms with Gasteiger partial charge in [0.05, 0.1) is 5.69 Å². The number of hydrogen-bond acceptors (Lipinski definition) is 2. The highest BCUT2D eigenvalue weighted by Crippen LogP contribution is 2.22. The number of piperidine rings is 1. The van der Waals surface area contributed by atoms with E-state index in [0.717, 1.165) is 26.1 Å². The lowest BCUT2D eigenvalue weighted by atomic mass is 10.1. The van der Waals surface area contributed by atoms with Crippen LogP contribution in [0.3, 0.4) is 0 Å². The van der Waals surface area contributed by atoms with Crippen LogP contribution in [0.1, 0.15) is 25.7 Å². The SMILES string of the molecule is O=C(Nc1cc(F)c(F)cc1F)N1CC[C@H](CN2CCCCC2)C1. The minimum atomic E-state index is -1.27. The Kier molecular flexibility index (Phi) is 5.28. The van der Waals surface area contributed by atoms with Gasteiger partial charge in [0.2, 0.25) is 0 Å². The molecule has 2 aliphatic heterocycles. The number of likely N-dealkylation sites (tertiary alicyclic amines) is 2. The maximum Gasteiger partial charge on any atom is 0.321 e. The van der Waals surface area contributed by atoms with Crippen molar-refractivity contribution in [3.63, 3.8) is 0 Å². The molecule has 132 valence electrons. The normalized spacial score (nSPS) is 22.0. The molecule has 24 heavy (non-hydrogen) atoms. The summed E-state index contributed by atoms with van der Waals surface area (Å²) in [6.45, 7) is 4.40. The molecule has 3 rings (SSSR count). The van der Waals surface area contributed by atoms with Crippen LogP contribution in [0.5, 0.6) is 0 Å². The zero-order valence-electron chi connectivity index (χ0n) is 13.5. The topological polar surface area (TPSA) is 35.6 Å². The lowest BCUT2D eigenvalue weighted by Crippen LogP contribution is -2.37. The lowest BCUT2D eigenvalue weighted by Gasteiger charge is -2.29. The second kappa shape index (κ2) is 7.42. The van der Waals surface area contributed by atoms with Crippen LogP contribution in [0.4, 0.5) is 23.7 Å². The minimum Gasteiger partial charge on any atom is -0.324 e. The first-order valence-electron chi connectivity index (χ1n) is 8.46. The van der Waals surface area contributed by atoms with Gasteiger partial charge in [0, 0.05) is 31.8 Å². The van der Waals surface area contributed by atoms with E-state index in [1.54, 1.807) is 4.90 Å². The number of benzene rings is 1. The predicted molar refractivity (Wildman–Crippen MR) is 85.3 cm³/mol. The van der Waals surface area contributed by atoms with Crippen molar-refractivity contribution in [1.29, 1.82) is 0 Å². The Hall–Kier alpha value is -1.76. The molecule has 4 nitrogen and oxygen atoms in total. The van der Waals surface area contributed by atoms with Gasteiger partial charge < -0.3 is 15.1 Å². The fourth-order valence-electron chi connectivity index (χ4n) is 3.49. The Morgan fingerprint density at radius 1 is 1.04 bits per heavy atom. The Morgan fingerprint density at radius 3 is 2.50 bits per heavy atom. The summed E-state index contributed by atoms with van der Waals surface area (Å²) in [5.41, 5.74) is -0.335. The number of nitrogens with one attached hydrogen (secondary N) is 1. The van der Waals surface area contributed by atoms with Gasteiger partial charge in [-0.05, 0) is 38.3 Å². The number of rotatable bonds is 3. The molecular formula is C17H22F3N3O.